The van der Waals surface area contributed by atoms with Crippen molar-refractivity contribution < 1.29 is 29.3 Å². The number of nitrogens with zero attached hydrogens (tertiary/aromatic N) is 3. The molecule has 212 valence electrons. The number of carboxylic acid groups (broad SMARTS) is 1. The minimum Gasteiger partial charge on any atom is -0.489 e. The Kier molecular flexibility index (Phi) is 8.70. The number of hydrogen-bond acceptors (Lipinski definition) is 6. The number of rotatable bonds is 9. The van der Waals surface area contributed by atoms with Gasteiger partial charge in [0.25, 0.3) is 0 Å². The van der Waals surface area contributed by atoms with Gasteiger partial charge in [0.15, 0.2) is 0 Å². The molecule has 4 rings (SSSR count). The third-order valence-corrected chi connectivity index (χ3v) is 7.17. The van der Waals surface area contributed by atoms with Gasteiger partial charge in [0.1, 0.15) is 24.0 Å². The van der Waals surface area contributed by atoms with Gasteiger partial charge in [-0.3, -0.25) is 4.79 Å². The number of aliphatic carboxylic acids is 1. The van der Waals surface area contributed by atoms with Gasteiger partial charge in [-0.2, -0.15) is 5.26 Å². The minimum absolute atomic E-state index is 0.116. The molecule has 1 aliphatic rings. The highest BCUT2D eigenvalue weighted by atomic mass is 16.6. The van der Waals surface area contributed by atoms with Gasteiger partial charge in [0, 0.05) is 30.0 Å². The second kappa shape index (κ2) is 12.0. The molecule has 1 amide bonds. The summed E-state index contributed by atoms with van der Waals surface area (Å²) in [6, 6.07) is 15.0. The monoisotopic (exact) mass is 547 g/mol. The zero-order chi connectivity index (χ0) is 29.0. The van der Waals surface area contributed by atoms with E-state index in [1.54, 1.807) is 21.6 Å². The van der Waals surface area contributed by atoms with Gasteiger partial charge in [0.05, 0.1) is 30.3 Å². The SMILES string of the molecule is CCc1c(CC(CO)c2ccc(O[C@H]3CCN(C(=O)OC(C)(C)C)C3)cc2)n(CC(=O)O)c2cc(C#N)ccc12. The number of carbonyl (C=O) groups excluding carboxylic acids is 1. The van der Waals surface area contributed by atoms with Crippen molar-refractivity contribution >= 4 is 23.0 Å². The predicted molar refractivity (Wildman–Crippen MR) is 150 cm³/mol. The molecule has 1 fully saturated rings. The van der Waals surface area contributed by atoms with Crippen molar-refractivity contribution in [2.45, 2.75) is 71.1 Å². The number of amides is 1. The van der Waals surface area contributed by atoms with Crippen LogP contribution in [0, 0.1) is 11.3 Å². The summed E-state index contributed by atoms with van der Waals surface area (Å²) in [6.07, 6.45) is 1.37. The minimum atomic E-state index is -0.970. The van der Waals surface area contributed by atoms with Gasteiger partial charge in [-0.05, 0) is 69.0 Å². The lowest BCUT2D eigenvalue weighted by Crippen LogP contribution is -2.36. The number of aryl methyl sites for hydroxylation is 1. The summed E-state index contributed by atoms with van der Waals surface area (Å²) in [6.45, 7) is 8.24. The van der Waals surface area contributed by atoms with Crippen molar-refractivity contribution in [1.29, 1.82) is 5.26 Å². The molecule has 2 aromatic carbocycles. The number of benzene rings is 2. The lowest BCUT2D eigenvalue weighted by molar-refractivity contribution is -0.137. The van der Waals surface area contributed by atoms with Crippen LogP contribution in [0.3, 0.4) is 0 Å². The summed E-state index contributed by atoms with van der Waals surface area (Å²) in [7, 11) is 0. The van der Waals surface area contributed by atoms with Crippen LogP contribution in [0.5, 0.6) is 5.75 Å². The maximum Gasteiger partial charge on any atom is 0.410 e. The molecule has 0 bridgehead atoms. The van der Waals surface area contributed by atoms with E-state index in [1.807, 2.05) is 58.0 Å². The molecule has 9 nitrogen and oxygen atoms in total. The highest BCUT2D eigenvalue weighted by Crippen LogP contribution is 2.32. The Bertz CT molecular complexity index is 1410. The molecule has 0 saturated carbocycles. The number of carbonyl (C=O) groups is 2. The number of aliphatic hydroxyl groups is 1. The average molecular weight is 548 g/mol. The van der Waals surface area contributed by atoms with Crippen molar-refractivity contribution in [3.05, 3.63) is 64.8 Å². The van der Waals surface area contributed by atoms with Crippen LogP contribution in [0.4, 0.5) is 4.79 Å². The number of ether oxygens (including phenoxy) is 2. The quantitative estimate of drug-likeness (QED) is 0.392. The van der Waals surface area contributed by atoms with Crippen LogP contribution in [0.2, 0.25) is 0 Å². The molecular weight excluding hydrogens is 510 g/mol. The van der Waals surface area contributed by atoms with E-state index in [2.05, 4.69) is 6.07 Å². The lowest BCUT2D eigenvalue weighted by Gasteiger charge is -2.24. The Morgan fingerprint density at radius 1 is 1.18 bits per heavy atom. The van der Waals surface area contributed by atoms with Gasteiger partial charge < -0.3 is 29.2 Å². The standard InChI is InChI=1S/C31H37N3O6/c1-5-25-26-11-6-20(16-32)14-27(26)34(18-29(36)37)28(25)15-22(19-35)21-7-9-23(10-8-21)39-24-12-13-33(17-24)30(38)40-31(2,3)4/h6-11,14,22,24,35H,5,12-13,15,17-19H2,1-4H3,(H,36,37)/t22?,24-/m0/s1. The molecule has 40 heavy (non-hydrogen) atoms. The molecule has 1 unspecified atom stereocenters. The summed E-state index contributed by atoms with van der Waals surface area (Å²) < 4.78 is 13.3. The van der Waals surface area contributed by atoms with Crippen LogP contribution in [0.1, 0.15) is 62.4 Å². The van der Waals surface area contributed by atoms with E-state index in [0.717, 1.165) is 22.2 Å². The Balaban J connectivity index is 1.51. The molecule has 1 aromatic heterocycles. The summed E-state index contributed by atoms with van der Waals surface area (Å²) >= 11 is 0. The summed E-state index contributed by atoms with van der Waals surface area (Å²) in [5, 5.41) is 30.3. The van der Waals surface area contributed by atoms with Gasteiger partial charge in [-0.15, -0.1) is 0 Å². The number of likely N-dealkylation sites (tertiary alicyclic amines) is 1. The van der Waals surface area contributed by atoms with Gasteiger partial charge in [-0.25, -0.2) is 4.79 Å². The normalized spacial score (nSPS) is 16.1. The van der Waals surface area contributed by atoms with Crippen LogP contribution in [-0.4, -0.2) is 63.1 Å². The van der Waals surface area contributed by atoms with Crippen LogP contribution >= 0.6 is 0 Å². The third-order valence-electron chi connectivity index (χ3n) is 7.17. The molecule has 0 radical (unpaired) electrons. The molecule has 2 N–H and O–H groups in total. The van der Waals surface area contributed by atoms with E-state index in [4.69, 9.17) is 9.47 Å². The number of hydrogen-bond donors (Lipinski definition) is 2. The fourth-order valence-electron chi connectivity index (χ4n) is 5.34. The van der Waals surface area contributed by atoms with E-state index in [9.17, 15) is 25.1 Å². The highest BCUT2D eigenvalue weighted by Gasteiger charge is 2.31. The molecule has 2 heterocycles. The first-order chi connectivity index (χ1) is 19.0. The average Bonchev–Trinajstić information content (AvgIpc) is 3.48. The van der Waals surface area contributed by atoms with E-state index in [0.29, 0.717) is 49.2 Å². The van der Waals surface area contributed by atoms with E-state index in [1.165, 1.54) is 0 Å². The second-order valence-electron chi connectivity index (χ2n) is 11.2. The molecule has 0 aliphatic carbocycles. The molecule has 3 aromatic rings. The largest absolute Gasteiger partial charge is 0.489 e. The molecule has 2 atom stereocenters. The topological polar surface area (TPSA) is 125 Å². The summed E-state index contributed by atoms with van der Waals surface area (Å²) in [5.74, 6) is -0.558. The number of nitriles is 1. The zero-order valence-corrected chi connectivity index (χ0v) is 23.5. The first-order valence-electron chi connectivity index (χ1n) is 13.6. The van der Waals surface area contributed by atoms with Crippen molar-refractivity contribution in [2.75, 3.05) is 19.7 Å². The Hall–Kier alpha value is -4.03. The molecule has 9 heteroatoms. The lowest BCUT2D eigenvalue weighted by atomic mass is 9.92. The smallest absolute Gasteiger partial charge is 0.410 e. The first kappa shape index (κ1) is 29.0. The number of aromatic nitrogens is 1. The number of fused-ring (bicyclic) bond motifs is 1. The van der Waals surface area contributed by atoms with E-state index in [-0.39, 0.29) is 31.3 Å². The maximum absolute atomic E-state index is 12.4. The van der Waals surface area contributed by atoms with Crippen LogP contribution < -0.4 is 4.74 Å². The van der Waals surface area contributed by atoms with Crippen LogP contribution in [0.15, 0.2) is 42.5 Å². The van der Waals surface area contributed by atoms with E-state index < -0.39 is 11.6 Å². The van der Waals surface area contributed by atoms with E-state index >= 15 is 0 Å². The number of carboxylic acids is 1. The summed E-state index contributed by atoms with van der Waals surface area (Å²) in [5.41, 5.74) is 3.41. The Morgan fingerprint density at radius 2 is 1.90 bits per heavy atom. The fourth-order valence-corrected chi connectivity index (χ4v) is 5.34. The van der Waals surface area contributed by atoms with Crippen molar-refractivity contribution in [2.24, 2.45) is 0 Å². The Labute approximate surface area is 234 Å². The molecule has 1 saturated heterocycles. The third kappa shape index (κ3) is 6.57. The molecular formula is C31H37N3O6. The Morgan fingerprint density at radius 3 is 2.50 bits per heavy atom. The maximum atomic E-state index is 12.4. The zero-order valence-electron chi connectivity index (χ0n) is 23.5. The molecule has 0 spiro atoms. The summed E-state index contributed by atoms with van der Waals surface area (Å²) in [4.78, 5) is 25.8. The van der Waals surface area contributed by atoms with Crippen LogP contribution in [0.25, 0.3) is 10.9 Å². The van der Waals surface area contributed by atoms with Crippen molar-refractivity contribution in [3.8, 4) is 11.8 Å². The fraction of sp³-hybridized carbons (Fsp3) is 0.452. The van der Waals surface area contributed by atoms with Crippen molar-refractivity contribution in [1.82, 2.24) is 9.47 Å². The van der Waals surface area contributed by atoms with Crippen molar-refractivity contribution in [3.63, 3.8) is 0 Å². The molecule has 1 aliphatic heterocycles. The van der Waals surface area contributed by atoms with Crippen LogP contribution in [-0.2, 0) is 28.9 Å². The van der Waals surface area contributed by atoms with Gasteiger partial charge in [-0.1, -0.05) is 25.1 Å². The highest BCUT2D eigenvalue weighted by molar-refractivity contribution is 5.88. The predicted octanol–water partition coefficient (Wildman–Crippen LogP) is 4.87. The van der Waals surface area contributed by atoms with Gasteiger partial charge in [0.2, 0.25) is 0 Å². The first-order valence-corrected chi connectivity index (χ1v) is 13.6. The second-order valence-corrected chi connectivity index (χ2v) is 11.2. The number of aliphatic hydroxyl groups excluding tert-OH is 1. The van der Waals surface area contributed by atoms with Gasteiger partial charge >= 0.3 is 12.1 Å².